The molecule has 0 aliphatic heterocycles. The van der Waals surface area contributed by atoms with E-state index < -0.39 is 7.60 Å². The van der Waals surface area contributed by atoms with Crippen LogP contribution in [0.15, 0.2) is 36.4 Å². The van der Waals surface area contributed by atoms with Crippen LogP contribution in [0.1, 0.15) is 32.6 Å². The van der Waals surface area contributed by atoms with E-state index in [9.17, 15) is 9.36 Å². The minimum atomic E-state index is -4.28. The summed E-state index contributed by atoms with van der Waals surface area (Å²) in [7, 11) is -4.28. The van der Waals surface area contributed by atoms with Gasteiger partial charge in [-0.3, -0.25) is 9.36 Å². The molecule has 0 aliphatic rings. The number of carbonyl (C=O) groups excluding carboxylic acids is 1. The molecule has 0 aromatic heterocycles. The Labute approximate surface area is 123 Å². The zero-order chi connectivity index (χ0) is 15.8. The van der Waals surface area contributed by atoms with E-state index in [0.717, 1.165) is 16.7 Å². The summed E-state index contributed by atoms with van der Waals surface area (Å²) in [4.78, 5) is 30.7. The van der Waals surface area contributed by atoms with Gasteiger partial charge in [0, 0.05) is 11.1 Å². The van der Waals surface area contributed by atoms with E-state index in [0.29, 0.717) is 11.1 Å². The summed E-state index contributed by atoms with van der Waals surface area (Å²) in [5.41, 5.74) is 3.96. The van der Waals surface area contributed by atoms with Crippen molar-refractivity contribution in [2.45, 2.75) is 20.8 Å². The molecule has 0 saturated heterocycles. The van der Waals surface area contributed by atoms with Crippen molar-refractivity contribution in [2.24, 2.45) is 0 Å². The second-order valence-corrected chi connectivity index (χ2v) is 6.80. The molecule has 0 amide bonds. The highest BCUT2D eigenvalue weighted by Gasteiger charge is 2.19. The van der Waals surface area contributed by atoms with Gasteiger partial charge in [0.25, 0.3) is 0 Å². The maximum Gasteiger partial charge on any atom is 0.356 e. The van der Waals surface area contributed by atoms with Gasteiger partial charge in [-0.2, -0.15) is 0 Å². The Morgan fingerprint density at radius 2 is 1.43 bits per heavy atom. The minimum Gasteiger partial charge on any atom is -0.321 e. The monoisotopic (exact) mass is 304 g/mol. The fourth-order valence-electron chi connectivity index (χ4n) is 2.49. The Morgan fingerprint density at radius 3 is 1.86 bits per heavy atom. The van der Waals surface area contributed by atoms with Crippen LogP contribution in [0.4, 0.5) is 0 Å². The third-order valence-corrected chi connectivity index (χ3v) is 4.34. The number of rotatable bonds is 3. The summed E-state index contributed by atoms with van der Waals surface area (Å²) >= 11 is 0. The van der Waals surface area contributed by atoms with Crippen LogP contribution in [-0.4, -0.2) is 15.6 Å². The molecule has 0 heterocycles. The molecular formula is C16H17O4P. The summed E-state index contributed by atoms with van der Waals surface area (Å²) < 4.78 is 11.1. The lowest BCUT2D eigenvalue weighted by molar-refractivity contribution is 0.103. The van der Waals surface area contributed by atoms with E-state index in [1.807, 2.05) is 32.9 Å². The number of hydrogen-bond donors (Lipinski definition) is 2. The van der Waals surface area contributed by atoms with Gasteiger partial charge in [-0.25, -0.2) is 0 Å². The molecule has 21 heavy (non-hydrogen) atoms. The molecule has 0 saturated carbocycles. The minimum absolute atomic E-state index is 0.0867. The molecule has 0 bridgehead atoms. The van der Waals surface area contributed by atoms with E-state index in [-0.39, 0.29) is 11.1 Å². The first-order valence-electron chi connectivity index (χ1n) is 6.49. The fraction of sp³-hybridized carbons (Fsp3) is 0.188. The van der Waals surface area contributed by atoms with Crippen LogP contribution in [-0.2, 0) is 4.57 Å². The second kappa shape index (κ2) is 5.57. The predicted octanol–water partition coefficient (Wildman–Crippen LogP) is 2.65. The summed E-state index contributed by atoms with van der Waals surface area (Å²) in [5, 5.41) is -0.0867. The van der Waals surface area contributed by atoms with Crippen LogP contribution in [0.2, 0.25) is 0 Å². The standard InChI is InChI=1S/C16H17O4P/c1-10-8-11(2)15(12(3)9-10)16(17)13-4-6-14(7-5-13)21(18,19)20/h4-9H,1-3H3,(H2,18,19,20). The van der Waals surface area contributed by atoms with Gasteiger partial charge in [-0.1, -0.05) is 29.8 Å². The van der Waals surface area contributed by atoms with Gasteiger partial charge in [-0.15, -0.1) is 0 Å². The van der Waals surface area contributed by atoms with Crippen molar-refractivity contribution in [1.29, 1.82) is 0 Å². The normalized spacial score (nSPS) is 11.5. The maximum atomic E-state index is 12.6. The maximum absolute atomic E-state index is 12.6. The van der Waals surface area contributed by atoms with Crippen molar-refractivity contribution in [3.05, 3.63) is 64.2 Å². The highest BCUT2D eigenvalue weighted by atomic mass is 31.2. The van der Waals surface area contributed by atoms with Crippen molar-refractivity contribution < 1.29 is 19.1 Å². The Hall–Kier alpha value is -1.74. The first kappa shape index (κ1) is 15.6. The third-order valence-electron chi connectivity index (χ3n) is 3.37. The van der Waals surface area contributed by atoms with Crippen LogP contribution in [0.5, 0.6) is 0 Å². The zero-order valence-electron chi connectivity index (χ0n) is 12.1. The zero-order valence-corrected chi connectivity index (χ0v) is 13.0. The number of aryl methyl sites for hydroxylation is 3. The van der Waals surface area contributed by atoms with Gasteiger partial charge in [0.15, 0.2) is 5.78 Å². The molecule has 2 rings (SSSR count). The Kier molecular flexibility index (Phi) is 4.15. The molecule has 0 radical (unpaired) electrons. The molecule has 0 aliphatic carbocycles. The van der Waals surface area contributed by atoms with Crippen molar-refractivity contribution in [3.8, 4) is 0 Å². The first-order chi connectivity index (χ1) is 9.70. The van der Waals surface area contributed by atoms with E-state index >= 15 is 0 Å². The van der Waals surface area contributed by atoms with Crippen LogP contribution in [0.25, 0.3) is 0 Å². The third kappa shape index (κ3) is 3.30. The number of ketones is 1. The molecule has 0 fully saturated rings. The average molecular weight is 304 g/mol. The molecule has 2 N–H and O–H groups in total. The number of benzene rings is 2. The largest absolute Gasteiger partial charge is 0.356 e. The molecule has 0 atom stereocenters. The molecule has 0 spiro atoms. The summed E-state index contributed by atoms with van der Waals surface area (Å²) in [6, 6.07) is 9.40. The fourth-order valence-corrected chi connectivity index (χ4v) is 3.03. The summed E-state index contributed by atoms with van der Waals surface area (Å²) in [6.45, 7) is 5.75. The molecule has 2 aromatic carbocycles. The van der Waals surface area contributed by atoms with E-state index in [1.165, 1.54) is 24.3 Å². The van der Waals surface area contributed by atoms with Crippen molar-refractivity contribution in [1.82, 2.24) is 0 Å². The van der Waals surface area contributed by atoms with E-state index in [4.69, 9.17) is 9.79 Å². The van der Waals surface area contributed by atoms with Crippen LogP contribution in [0, 0.1) is 20.8 Å². The Bertz CT molecular complexity index is 718. The number of carbonyl (C=O) groups is 1. The number of hydrogen-bond acceptors (Lipinski definition) is 2. The predicted molar refractivity (Wildman–Crippen MR) is 82.2 cm³/mol. The van der Waals surface area contributed by atoms with Gasteiger partial charge in [0.2, 0.25) is 0 Å². The highest BCUT2D eigenvalue weighted by molar-refractivity contribution is 7.60. The van der Waals surface area contributed by atoms with Crippen molar-refractivity contribution >= 4 is 18.7 Å². The highest BCUT2D eigenvalue weighted by Crippen LogP contribution is 2.33. The molecule has 110 valence electrons. The summed E-state index contributed by atoms with van der Waals surface area (Å²) in [5.74, 6) is -0.137. The van der Waals surface area contributed by atoms with E-state index in [2.05, 4.69) is 0 Å². The SMILES string of the molecule is Cc1cc(C)c(C(=O)c2ccc(P(=O)(O)O)cc2)c(C)c1. The molecule has 2 aromatic rings. The quantitative estimate of drug-likeness (QED) is 0.675. The smallest absolute Gasteiger partial charge is 0.321 e. The van der Waals surface area contributed by atoms with Crippen LogP contribution in [0.3, 0.4) is 0 Å². The van der Waals surface area contributed by atoms with Crippen LogP contribution < -0.4 is 5.30 Å². The summed E-state index contributed by atoms with van der Waals surface area (Å²) in [6.07, 6.45) is 0. The van der Waals surface area contributed by atoms with Gasteiger partial charge >= 0.3 is 7.60 Å². The lowest BCUT2D eigenvalue weighted by Crippen LogP contribution is -2.09. The Morgan fingerprint density at radius 1 is 0.952 bits per heavy atom. The Balaban J connectivity index is 2.44. The lowest BCUT2D eigenvalue weighted by Gasteiger charge is -2.11. The van der Waals surface area contributed by atoms with Gasteiger partial charge < -0.3 is 9.79 Å². The van der Waals surface area contributed by atoms with Crippen LogP contribution >= 0.6 is 7.60 Å². The van der Waals surface area contributed by atoms with Gasteiger partial charge in [-0.05, 0) is 44.0 Å². The second-order valence-electron chi connectivity index (χ2n) is 5.19. The van der Waals surface area contributed by atoms with Gasteiger partial charge in [0.05, 0.1) is 5.30 Å². The van der Waals surface area contributed by atoms with Gasteiger partial charge in [0.1, 0.15) is 0 Å². The molecular weight excluding hydrogens is 287 g/mol. The first-order valence-corrected chi connectivity index (χ1v) is 8.10. The van der Waals surface area contributed by atoms with Crippen molar-refractivity contribution in [3.63, 3.8) is 0 Å². The average Bonchev–Trinajstić information content (AvgIpc) is 2.36. The molecule has 4 nitrogen and oxygen atoms in total. The van der Waals surface area contributed by atoms with E-state index in [1.54, 1.807) is 0 Å². The van der Waals surface area contributed by atoms with Crippen molar-refractivity contribution in [2.75, 3.05) is 0 Å². The molecule has 0 unspecified atom stereocenters. The lowest BCUT2D eigenvalue weighted by atomic mass is 9.93. The molecule has 5 heteroatoms. The topological polar surface area (TPSA) is 74.6 Å².